The molecule has 4 aliphatic rings. The van der Waals surface area contributed by atoms with Crippen molar-refractivity contribution in [2.75, 3.05) is 33.4 Å². The minimum atomic E-state index is -0.390. The molecule has 0 unspecified atom stereocenters. The van der Waals surface area contributed by atoms with Crippen LogP contribution in [0.5, 0.6) is 5.75 Å². The van der Waals surface area contributed by atoms with Crippen LogP contribution in [-0.4, -0.2) is 44.1 Å². The Balaban J connectivity index is 1.53. The van der Waals surface area contributed by atoms with E-state index in [2.05, 4.69) is 29.3 Å². The van der Waals surface area contributed by atoms with E-state index in [1.807, 2.05) is 6.07 Å². The summed E-state index contributed by atoms with van der Waals surface area (Å²) in [6, 6.07) is 8.64. The van der Waals surface area contributed by atoms with Gasteiger partial charge < -0.3 is 19.1 Å². The number of benzene rings is 1. The predicted octanol–water partition coefficient (Wildman–Crippen LogP) is 3.86. The molecule has 2 heterocycles. The van der Waals surface area contributed by atoms with Crippen LogP contribution < -0.4 is 4.74 Å². The first kappa shape index (κ1) is 16.6. The molecule has 0 bridgehead atoms. The lowest BCUT2D eigenvalue weighted by Crippen LogP contribution is -2.50. The minimum absolute atomic E-state index is 0.0111. The van der Waals surface area contributed by atoms with Gasteiger partial charge in [0, 0.05) is 31.3 Å². The van der Waals surface area contributed by atoms with Gasteiger partial charge in [0.1, 0.15) is 5.75 Å². The van der Waals surface area contributed by atoms with Crippen LogP contribution in [0.1, 0.15) is 44.1 Å². The van der Waals surface area contributed by atoms with E-state index in [9.17, 15) is 0 Å². The molecule has 2 saturated carbocycles. The quantitative estimate of drug-likeness (QED) is 0.821. The van der Waals surface area contributed by atoms with E-state index in [4.69, 9.17) is 14.2 Å². The fourth-order valence-corrected chi connectivity index (χ4v) is 5.15. The zero-order valence-electron chi connectivity index (χ0n) is 15.7. The van der Waals surface area contributed by atoms with E-state index in [0.717, 1.165) is 57.1 Å². The molecular formula is C22H29NO3. The normalized spacial score (nSPS) is 30.2. The van der Waals surface area contributed by atoms with Gasteiger partial charge in [0.2, 0.25) is 0 Å². The summed E-state index contributed by atoms with van der Waals surface area (Å²) >= 11 is 0. The Labute approximate surface area is 156 Å². The number of hydrogen-bond acceptors (Lipinski definition) is 4. The molecule has 0 aromatic heterocycles. The average molecular weight is 355 g/mol. The standard InChI is InChI=1S/C22H29NO3/c1-24-20-4-2-3-18(13-20)21-9-10-23(14-17-5-6-17)15-19(21)7-8-22(16-21)25-11-12-26-22/h2-4,13,15,17H,5-12,14,16H2,1H3/t21-/m1/s1. The summed E-state index contributed by atoms with van der Waals surface area (Å²) in [5, 5.41) is 0. The number of rotatable bonds is 4. The Hall–Kier alpha value is -1.52. The second kappa shape index (κ2) is 6.28. The summed E-state index contributed by atoms with van der Waals surface area (Å²) in [6.45, 7) is 3.80. The molecule has 2 aliphatic heterocycles. The molecule has 1 aromatic rings. The van der Waals surface area contributed by atoms with Crippen LogP contribution in [0.25, 0.3) is 0 Å². The number of hydrogen-bond donors (Lipinski definition) is 0. The molecule has 26 heavy (non-hydrogen) atoms. The molecule has 140 valence electrons. The largest absolute Gasteiger partial charge is 0.497 e. The summed E-state index contributed by atoms with van der Waals surface area (Å²) in [5.41, 5.74) is 2.92. The van der Waals surface area contributed by atoms with Gasteiger partial charge in [-0.15, -0.1) is 0 Å². The zero-order chi connectivity index (χ0) is 17.6. The number of ether oxygens (including phenoxy) is 3. The average Bonchev–Trinajstić information content (AvgIpc) is 3.39. The van der Waals surface area contributed by atoms with Gasteiger partial charge in [0.05, 0.1) is 20.3 Å². The molecule has 1 spiro atoms. The molecule has 5 rings (SSSR count). The van der Waals surface area contributed by atoms with Crippen molar-refractivity contribution in [2.24, 2.45) is 5.92 Å². The van der Waals surface area contributed by atoms with Crippen LogP contribution in [-0.2, 0) is 14.9 Å². The Kier molecular flexibility index (Phi) is 4.02. The molecular weight excluding hydrogens is 326 g/mol. The summed E-state index contributed by atoms with van der Waals surface area (Å²) in [5.74, 6) is 1.47. The fraction of sp³-hybridized carbons (Fsp3) is 0.636. The van der Waals surface area contributed by atoms with Crippen LogP contribution in [0, 0.1) is 5.92 Å². The van der Waals surface area contributed by atoms with Crippen LogP contribution in [0.3, 0.4) is 0 Å². The van der Waals surface area contributed by atoms with Gasteiger partial charge >= 0.3 is 0 Å². The maximum atomic E-state index is 6.14. The SMILES string of the molecule is COc1cccc([C@]23CCN(CC4CC4)C=C2CCC2(C3)OCCO2)c1. The lowest BCUT2D eigenvalue weighted by Gasteiger charge is -2.50. The molecule has 3 fully saturated rings. The van der Waals surface area contributed by atoms with Gasteiger partial charge in [0.15, 0.2) is 5.79 Å². The van der Waals surface area contributed by atoms with Crippen molar-refractivity contribution in [3.63, 3.8) is 0 Å². The fourth-order valence-electron chi connectivity index (χ4n) is 5.15. The van der Waals surface area contributed by atoms with Gasteiger partial charge in [-0.3, -0.25) is 0 Å². The third-order valence-corrected chi connectivity index (χ3v) is 6.75. The van der Waals surface area contributed by atoms with Crippen molar-refractivity contribution < 1.29 is 14.2 Å². The van der Waals surface area contributed by atoms with Gasteiger partial charge in [-0.2, -0.15) is 0 Å². The van der Waals surface area contributed by atoms with Crippen LogP contribution >= 0.6 is 0 Å². The van der Waals surface area contributed by atoms with Gasteiger partial charge in [-0.1, -0.05) is 12.1 Å². The van der Waals surface area contributed by atoms with E-state index < -0.39 is 0 Å². The minimum Gasteiger partial charge on any atom is -0.497 e. The molecule has 1 saturated heterocycles. The second-order valence-electron chi connectivity index (χ2n) is 8.44. The van der Waals surface area contributed by atoms with Crippen molar-refractivity contribution in [3.05, 3.63) is 41.6 Å². The Morgan fingerprint density at radius 2 is 2.04 bits per heavy atom. The topological polar surface area (TPSA) is 30.9 Å². The number of nitrogens with zero attached hydrogens (tertiary/aromatic N) is 1. The lowest BCUT2D eigenvalue weighted by atomic mass is 9.61. The molecule has 4 heteroatoms. The van der Waals surface area contributed by atoms with E-state index in [0.29, 0.717) is 0 Å². The van der Waals surface area contributed by atoms with E-state index in [-0.39, 0.29) is 11.2 Å². The highest BCUT2D eigenvalue weighted by molar-refractivity contribution is 5.43. The van der Waals surface area contributed by atoms with E-state index >= 15 is 0 Å². The van der Waals surface area contributed by atoms with Crippen molar-refractivity contribution in [1.82, 2.24) is 4.90 Å². The first-order valence-corrected chi connectivity index (χ1v) is 10.1. The first-order chi connectivity index (χ1) is 12.7. The third-order valence-electron chi connectivity index (χ3n) is 6.75. The summed E-state index contributed by atoms with van der Waals surface area (Å²) < 4.78 is 17.8. The summed E-state index contributed by atoms with van der Waals surface area (Å²) in [6.07, 6.45) is 9.38. The third kappa shape index (κ3) is 2.84. The number of fused-ring (bicyclic) bond motifs is 1. The lowest BCUT2D eigenvalue weighted by molar-refractivity contribution is -0.185. The van der Waals surface area contributed by atoms with E-state index in [1.54, 1.807) is 12.7 Å². The van der Waals surface area contributed by atoms with Crippen LogP contribution in [0.2, 0.25) is 0 Å². The maximum absolute atomic E-state index is 6.14. The zero-order valence-corrected chi connectivity index (χ0v) is 15.7. The summed E-state index contributed by atoms with van der Waals surface area (Å²) in [7, 11) is 1.75. The molecule has 0 N–H and O–H groups in total. The second-order valence-corrected chi connectivity index (χ2v) is 8.44. The van der Waals surface area contributed by atoms with Gasteiger partial charge in [0.25, 0.3) is 0 Å². The van der Waals surface area contributed by atoms with Crippen molar-refractivity contribution >= 4 is 0 Å². The highest BCUT2D eigenvalue weighted by Crippen LogP contribution is 2.54. The summed E-state index contributed by atoms with van der Waals surface area (Å²) in [4.78, 5) is 2.57. The number of allylic oxidation sites excluding steroid dienone is 1. The van der Waals surface area contributed by atoms with E-state index in [1.165, 1.54) is 24.9 Å². The predicted molar refractivity (Wildman–Crippen MR) is 100 cm³/mol. The first-order valence-electron chi connectivity index (χ1n) is 10.1. The molecule has 0 radical (unpaired) electrons. The Bertz CT molecular complexity index is 705. The highest BCUT2D eigenvalue weighted by atomic mass is 16.7. The van der Waals surface area contributed by atoms with Gasteiger partial charge in [-0.05, 0) is 61.1 Å². The van der Waals surface area contributed by atoms with Gasteiger partial charge in [-0.25, -0.2) is 0 Å². The van der Waals surface area contributed by atoms with Crippen LogP contribution in [0.4, 0.5) is 0 Å². The van der Waals surface area contributed by atoms with Crippen molar-refractivity contribution in [3.8, 4) is 5.75 Å². The molecule has 1 aromatic carbocycles. The monoisotopic (exact) mass is 355 g/mol. The molecule has 0 amide bonds. The molecule has 2 aliphatic carbocycles. The smallest absolute Gasteiger partial charge is 0.169 e. The molecule has 4 nitrogen and oxygen atoms in total. The Morgan fingerprint density at radius 3 is 2.81 bits per heavy atom. The maximum Gasteiger partial charge on any atom is 0.169 e. The van der Waals surface area contributed by atoms with Crippen molar-refractivity contribution in [1.29, 1.82) is 0 Å². The van der Waals surface area contributed by atoms with Crippen LogP contribution in [0.15, 0.2) is 36.0 Å². The van der Waals surface area contributed by atoms with Crippen molar-refractivity contribution in [2.45, 2.75) is 49.7 Å². The number of methoxy groups -OCH3 is 1. The highest BCUT2D eigenvalue weighted by Gasteiger charge is 2.52. The molecule has 1 atom stereocenters. The Morgan fingerprint density at radius 1 is 1.19 bits per heavy atom.